The van der Waals surface area contributed by atoms with Crippen molar-refractivity contribution in [3.05, 3.63) is 29.8 Å². The van der Waals surface area contributed by atoms with Gasteiger partial charge in [-0.3, -0.25) is 4.90 Å². The zero-order valence-electron chi connectivity index (χ0n) is 12.6. The summed E-state index contributed by atoms with van der Waals surface area (Å²) in [5.41, 5.74) is 1.52. The predicted molar refractivity (Wildman–Crippen MR) is 84.8 cm³/mol. The van der Waals surface area contributed by atoms with Crippen LogP contribution in [0.5, 0.6) is 5.75 Å². The number of likely N-dealkylation sites (tertiary alicyclic amines) is 1. The van der Waals surface area contributed by atoms with Crippen LogP contribution in [0.1, 0.15) is 24.8 Å². The van der Waals surface area contributed by atoms with Gasteiger partial charge in [0, 0.05) is 13.1 Å². The predicted octanol–water partition coefficient (Wildman–Crippen LogP) is 3.29. The van der Waals surface area contributed by atoms with Crippen LogP contribution in [-0.2, 0) is 6.54 Å². The molecule has 0 unspecified atom stereocenters. The largest absolute Gasteiger partial charge is 0.435 e. The number of benzene rings is 1. The molecule has 1 aromatic rings. The fourth-order valence-electron chi connectivity index (χ4n) is 3.61. The summed E-state index contributed by atoms with van der Waals surface area (Å²) in [6.45, 7) is 2.51. The van der Waals surface area contributed by atoms with Crippen LogP contribution in [0.2, 0.25) is 0 Å². The molecular weight excluding hydrogens is 310 g/mol. The van der Waals surface area contributed by atoms with Crippen molar-refractivity contribution in [3.63, 3.8) is 0 Å². The van der Waals surface area contributed by atoms with Gasteiger partial charge in [0.15, 0.2) is 0 Å². The lowest BCUT2D eigenvalue weighted by Crippen LogP contribution is -2.38. The Balaban J connectivity index is 0.00000176. The number of rotatable bonds is 4. The van der Waals surface area contributed by atoms with E-state index in [0.29, 0.717) is 5.41 Å². The van der Waals surface area contributed by atoms with E-state index in [9.17, 15) is 8.78 Å². The summed E-state index contributed by atoms with van der Waals surface area (Å²) in [4.78, 5) is 2.44. The van der Waals surface area contributed by atoms with Crippen molar-refractivity contribution in [1.82, 2.24) is 10.2 Å². The van der Waals surface area contributed by atoms with E-state index in [1.165, 1.54) is 19.3 Å². The molecule has 2 aliphatic rings. The molecule has 124 valence electrons. The maximum Gasteiger partial charge on any atom is 0.387 e. The second kappa shape index (κ2) is 7.57. The summed E-state index contributed by atoms with van der Waals surface area (Å²) in [7, 11) is 0. The van der Waals surface area contributed by atoms with E-state index >= 15 is 0 Å². The van der Waals surface area contributed by atoms with Crippen molar-refractivity contribution in [2.45, 2.75) is 32.4 Å². The topological polar surface area (TPSA) is 24.5 Å². The van der Waals surface area contributed by atoms with Gasteiger partial charge >= 0.3 is 6.61 Å². The van der Waals surface area contributed by atoms with E-state index in [0.717, 1.165) is 38.3 Å². The Labute approximate surface area is 136 Å². The Morgan fingerprint density at radius 1 is 1.23 bits per heavy atom. The van der Waals surface area contributed by atoms with E-state index in [1.807, 2.05) is 6.07 Å². The number of nitrogens with zero attached hydrogens (tertiary/aromatic N) is 1. The van der Waals surface area contributed by atoms with Crippen molar-refractivity contribution >= 4 is 12.4 Å². The first-order valence-corrected chi connectivity index (χ1v) is 7.62. The third-order valence-electron chi connectivity index (χ3n) is 4.71. The summed E-state index contributed by atoms with van der Waals surface area (Å²) < 4.78 is 29.0. The van der Waals surface area contributed by atoms with Gasteiger partial charge in [-0.05, 0) is 62.0 Å². The number of halogens is 3. The van der Waals surface area contributed by atoms with Gasteiger partial charge in [-0.2, -0.15) is 8.78 Å². The van der Waals surface area contributed by atoms with Crippen molar-refractivity contribution in [2.75, 3.05) is 26.2 Å². The van der Waals surface area contributed by atoms with Crippen LogP contribution in [0, 0.1) is 5.41 Å². The monoisotopic (exact) mass is 332 g/mol. The first kappa shape index (κ1) is 17.4. The summed E-state index contributed by atoms with van der Waals surface area (Å²) in [6.07, 6.45) is 3.75. The third-order valence-corrected chi connectivity index (χ3v) is 4.71. The molecular formula is C16H23ClF2N2O. The molecule has 3 nitrogen and oxygen atoms in total. The number of alkyl halides is 2. The van der Waals surface area contributed by atoms with Gasteiger partial charge in [-0.1, -0.05) is 12.1 Å². The van der Waals surface area contributed by atoms with Gasteiger partial charge in [-0.15, -0.1) is 12.4 Å². The minimum absolute atomic E-state index is 0. The first-order chi connectivity index (χ1) is 10.2. The van der Waals surface area contributed by atoms with E-state index in [1.54, 1.807) is 18.2 Å². The maximum absolute atomic E-state index is 12.3. The fourth-order valence-corrected chi connectivity index (χ4v) is 3.61. The number of ether oxygens (including phenoxy) is 1. The van der Waals surface area contributed by atoms with Crippen LogP contribution >= 0.6 is 12.4 Å². The second-order valence-electron chi connectivity index (χ2n) is 6.24. The summed E-state index contributed by atoms with van der Waals surface area (Å²) in [5.74, 6) is 0.248. The highest BCUT2D eigenvalue weighted by Crippen LogP contribution is 2.39. The standard InChI is InChI=1S/C16H22F2N2O.ClH/c17-15(18)21-14-3-1-2-13(10-14)11-20-9-6-16(12-20)4-7-19-8-5-16;/h1-3,10,15,19H,4-9,11-12H2;1H. The lowest BCUT2D eigenvalue weighted by molar-refractivity contribution is -0.0499. The molecule has 2 fully saturated rings. The Morgan fingerprint density at radius 3 is 2.73 bits per heavy atom. The van der Waals surface area contributed by atoms with E-state index in [2.05, 4.69) is 15.0 Å². The molecule has 0 atom stereocenters. The van der Waals surface area contributed by atoms with Crippen LogP contribution in [0.4, 0.5) is 8.78 Å². The Morgan fingerprint density at radius 2 is 2.00 bits per heavy atom. The molecule has 1 aromatic carbocycles. The van der Waals surface area contributed by atoms with E-state index in [4.69, 9.17) is 0 Å². The molecule has 22 heavy (non-hydrogen) atoms. The molecule has 0 saturated carbocycles. The van der Waals surface area contributed by atoms with Gasteiger partial charge in [0.2, 0.25) is 0 Å². The lowest BCUT2D eigenvalue weighted by Gasteiger charge is -2.33. The molecule has 6 heteroatoms. The molecule has 2 aliphatic heterocycles. The van der Waals surface area contributed by atoms with Crippen LogP contribution in [-0.4, -0.2) is 37.7 Å². The minimum atomic E-state index is -2.76. The second-order valence-corrected chi connectivity index (χ2v) is 6.24. The Hall–Kier alpha value is -0.910. The van der Waals surface area contributed by atoms with Gasteiger partial charge in [0.1, 0.15) is 5.75 Å². The van der Waals surface area contributed by atoms with Crippen LogP contribution in [0.3, 0.4) is 0 Å². The summed E-state index contributed by atoms with van der Waals surface area (Å²) in [5, 5.41) is 3.42. The van der Waals surface area contributed by atoms with Crippen LogP contribution < -0.4 is 10.1 Å². The summed E-state index contributed by atoms with van der Waals surface area (Å²) in [6, 6.07) is 7.06. The van der Waals surface area contributed by atoms with Crippen molar-refractivity contribution < 1.29 is 13.5 Å². The number of hydrogen-bond acceptors (Lipinski definition) is 3. The zero-order valence-corrected chi connectivity index (χ0v) is 13.4. The number of piperidine rings is 1. The third kappa shape index (κ3) is 4.31. The average molecular weight is 333 g/mol. The van der Waals surface area contributed by atoms with E-state index in [-0.39, 0.29) is 18.2 Å². The molecule has 0 radical (unpaired) electrons. The van der Waals surface area contributed by atoms with Crippen LogP contribution in [0.15, 0.2) is 24.3 Å². The highest BCUT2D eigenvalue weighted by Gasteiger charge is 2.38. The molecule has 1 N–H and O–H groups in total. The molecule has 2 saturated heterocycles. The fraction of sp³-hybridized carbons (Fsp3) is 0.625. The number of hydrogen-bond donors (Lipinski definition) is 1. The van der Waals surface area contributed by atoms with Gasteiger partial charge < -0.3 is 10.1 Å². The molecule has 0 aromatic heterocycles. The lowest BCUT2D eigenvalue weighted by atomic mass is 9.78. The highest BCUT2D eigenvalue weighted by molar-refractivity contribution is 5.85. The molecule has 1 spiro atoms. The number of nitrogens with one attached hydrogen (secondary N) is 1. The SMILES string of the molecule is Cl.FC(F)Oc1cccc(CN2CCC3(CCNCC3)C2)c1. The summed E-state index contributed by atoms with van der Waals surface area (Å²) >= 11 is 0. The van der Waals surface area contributed by atoms with Gasteiger partial charge in [0.25, 0.3) is 0 Å². The molecule has 0 bridgehead atoms. The normalized spacial score (nSPS) is 21.0. The molecule has 0 amide bonds. The smallest absolute Gasteiger partial charge is 0.387 e. The first-order valence-electron chi connectivity index (χ1n) is 7.62. The van der Waals surface area contributed by atoms with Crippen molar-refractivity contribution in [2.24, 2.45) is 5.41 Å². The van der Waals surface area contributed by atoms with Crippen LogP contribution in [0.25, 0.3) is 0 Å². The molecule has 0 aliphatic carbocycles. The quantitative estimate of drug-likeness (QED) is 0.915. The zero-order chi connectivity index (χ0) is 14.7. The average Bonchev–Trinajstić information content (AvgIpc) is 2.82. The Kier molecular flexibility index (Phi) is 6.01. The molecule has 3 rings (SSSR count). The van der Waals surface area contributed by atoms with E-state index < -0.39 is 6.61 Å². The van der Waals surface area contributed by atoms with Gasteiger partial charge in [-0.25, -0.2) is 0 Å². The van der Waals surface area contributed by atoms with Gasteiger partial charge in [0.05, 0.1) is 0 Å². The maximum atomic E-state index is 12.3. The minimum Gasteiger partial charge on any atom is -0.435 e. The molecule has 2 heterocycles. The highest BCUT2D eigenvalue weighted by atomic mass is 35.5. The Bertz CT molecular complexity index is 481. The van der Waals surface area contributed by atoms with Crippen molar-refractivity contribution in [3.8, 4) is 5.75 Å². The van der Waals surface area contributed by atoms with Crippen molar-refractivity contribution in [1.29, 1.82) is 0 Å².